The fraction of sp³-hybridized carbons (Fsp3) is 0.184. The van der Waals surface area contributed by atoms with Gasteiger partial charge in [0, 0.05) is 17.1 Å². The SMILES string of the molecule is CC1CCC2=C(C1)c1cc(N(c3ccc(C4=CC=CCC4)cc3)c3ccc(-c4ccccc4)cc3)ccc1-c1ccccc1C/C=C\C=C/C2. The van der Waals surface area contributed by atoms with Crippen LogP contribution in [0.3, 0.4) is 0 Å². The summed E-state index contributed by atoms with van der Waals surface area (Å²) in [4.78, 5) is 2.45. The van der Waals surface area contributed by atoms with Crippen molar-refractivity contribution in [1.29, 1.82) is 0 Å². The van der Waals surface area contributed by atoms with Gasteiger partial charge in [0.1, 0.15) is 0 Å². The van der Waals surface area contributed by atoms with Crippen molar-refractivity contribution in [2.24, 2.45) is 5.92 Å². The van der Waals surface area contributed by atoms with Crippen molar-refractivity contribution < 1.29 is 0 Å². The zero-order valence-electron chi connectivity index (χ0n) is 29.1. The Morgan fingerprint density at radius 3 is 1.98 bits per heavy atom. The molecule has 0 radical (unpaired) electrons. The van der Waals surface area contributed by atoms with E-state index in [9.17, 15) is 0 Å². The predicted octanol–water partition coefficient (Wildman–Crippen LogP) is 13.9. The lowest BCUT2D eigenvalue weighted by Gasteiger charge is -2.30. The number of hydrogen-bond acceptors (Lipinski definition) is 1. The third-order valence-electron chi connectivity index (χ3n) is 10.6. The Bertz CT molecular complexity index is 2120. The fourth-order valence-corrected chi connectivity index (χ4v) is 7.92. The lowest BCUT2D eigenvalue weighted by Crippen LogP contribution is -2.12. The molecule has 246 valence electrons. The molecule has 1 atom stereocenters. The van der Waals surface area contributed by atoms with Crippen molar-refractivity contribution in [3.63, 3.8) is 0 Å². The summed E-state index contributed by atoms with van der Waals surface area (Å²) < 4.78 is 0. The summed E-state index contributed by atoms with van der Waals surface area (Å²) in [6.07, 6.45) is 23.5. The lowest BCUT2D eigenvalue weighted by molar-refractivity contribution is 0.521. The van der Waals surface area contributed by atoms with Crippen LogP contribution in [0.25, 0.3) is 33.4 Å². The van der Waals surface area contributed by atoms with Crippen molar-refractivity contribution in [1.82, 2.24) is 0 Å². The van der Waals surface area contributed by atoms with Crippen molar-refractivity contribution >= 4 is 28.2 Å². The van der Waals surface area contributed by atoms with E-state index in [1.807, 2.05) is 0 Å². The van der Waals surface area contributed by atoms with Crippen molar-refractivity contribution in [2.75, 3.05) is 4.90 Å². The van der Waals surface area contributed by atoms with Crippen molar-refractivity contribution in [3.8, 4) is 22.3 Å². The first kappa shape index (κ1) is 31.8. The second kappa shape index (κ2) is 14.6. The van der Waals surface area contributed by atoms with Crippen LogP contribution in [0.15, 0.2) is 169 Å². The van der Waals surface area contributed by atoms with E-state index in [4.69, 9.17) is 0 Å². The van der Waals surface area contributed by atoms with Crippen molar-refractivity contribution in [2.45, 2.75) is 51.9 Å². The molecule has 0 aliphatic heterocycles. The fourth-order valence-electron chi connectivity index (χ4n) is 7.92. The minimum Gasteiger partial charge on any atom is -0.310 e. The molecular formula is C49H45N. The molecule has 0 heterocycles. The molecule has 0 saturated heterocycles. The quantitative estimate of drug-likeness (QED) is 0.183. The predicted molar refractivity (Wildman–Crippen MR) is 215 cm³/mol. The molecule has 1 nitrogen and oxygen atoms in total. The molecule has 50 heavy (non-hydrogen) atoms. The van der Waals surface area contributed by atoms with E-state index in [0.29, 0.717) is 5.92 Å². The Morgan fingerprint density at radius 1 is 0.540 bits per heavy atom. The minimum absolute atomic E-state index is 0.662. The first-order valence-corrected chi connectivity index (χ1v) is 18.4. The number of nitrogens with zero attached hydrogens (tertiary/aromatic N) is 1. The topological polar surface area (TPSA) is 3.24 Å². The molecule has 0 aromatic heterocycles. The van der Waals surface area contributed by atoms with Crippen LogP contribution in [0.5, 0.6) is 0 Å². The molecule has 0 N–H and O–H groups in total. The molecule has 0 saturated carbocycles. The van der Waals surface area contributed by atoms with Crippen LogP contribution in [-0.4, -0.2) is 0 Å². The minimum atomic E-state index is 0.662. The Balaban J connectivity index is 1.30. The van der Waals surface area contributed by atoms with Gasteiger partial charge in [-0.3, -0.25) is 0 Å². The smallest absolute Gasteiger partial charge is 0.0468 e. The second-order valence-electron chi connectivity index (χ2n) is 14.0. The third kappa shape index (κ3) is 6.74. The lowest BCUT2D eigenvalue weighted by atomic mass is 9.78. The summed E-state index contributed by atoms with van der Waals surface area (Å²) in [7, 11) is 0. The van der Waals surface area contributed by atoms with Gasteiger partial charge in [0.2, 0.25) is 0 Å². The van der Waals surface area contributed by atoms with E-state index in [1.54, 1.807) is 5.57 Å². The van der Waals surface area contributed by atoms with E-state index >= 15 is 0 Å². The van der Waals surface area contributed by atoms with E-state index in [1.165, 1.54) is 67.9 Å². The van der Waals surface area contributed by atoms with Crippen LogP contribution in [0.2, 0.25) is 0 Å². The van der Waals surface area contributed by atoms with Crippen LogP contribution in [-0.2, 0) is 6.42 Å². The van der Waals surface area contributed by atoms with E-state index < -0.39 is 0 Å². The highest BCUT2D eigenvalue weighted by molar-refractivity contribution is 5.89. The normalized spacial score (nSPS) is 18.4. The van der Waals surface area contributed by atoms with Gasteiger partial charge >= 0.3 is 0 Å². The molecule has 8 rings (SSSR count). The van der Waals surface area contributed by atoms with Crippen LogP contribution in [0.1, 0.15) is 62.1 Å². The summed E-state index contributed by atoms with van der Waals surface area (Å²) in [6, 6.07) is 45.2. The number of fused-ring (bicyclic) bond motifs is 4. The summed E-state index contributed by atoms with van der Waals surface area (Å²) >= 11 is 0. The molecule has 0 spiro atoms. The van der Waals surface area contributed by atoms with Crippen molar-refractivity contribution in [3.05, 3.63) is 186 Å². The molecule has 0 bridgehead atoms. The Hall–Kier alpha value is -5.40. The monoisotopic (exact) mass is 647 g/mol. The van der Waals surface area contributed by atoms with Gasteiger partial charge in [-0.1, -0.05) is 140 Å². The van der Waals surface area contributed by atoms with Gasteiger partial charge in [0.15, 0.2) is 0 Å². The van der Waals surface area contributed by atoms with Crippen LogP contribution >= 0.6 is 0 Å². The Morgan fingerprint density at radius 2 is 1.22 bits per heavy atom. The first-order chi connectivity index (χ1) is 24.7. The maximum absolute atomic E-state index is 2.50. The Kier molecular flexibility index (Phi) is 9.30. The first-order valence-electron chi connectivity index (χ1n) is 18.4. The van der Waals surface area contributed by atoms with E-state index in [-0.39, 0.29) is 0 Å². The van der Waals surface area contributed by atoms with Gasteiger partial charge in [-0.15, -0.1) is 0 Å². The van der Waals surface area contributed by atoms with E-state index in [2.05, 4.69) is 176 Å². The molecule has 5 aromatic rings. The molecule has 3 aliphatic rings. The average Bonchev–Trinajstić information content (AvgIpc) is 3.18. The molecule has 3 aliphatic carbocycles. The van der Waals surface area contributed by atoms with Gasteiger partial charge in [-0.2, -0.15) is 0 Å². The van der Waals surface area contributed by atoms with Crippen LogP contribution in [0, 0.1) is 5.92 Å². The molecular weight excluding hydrogens is 603 g/mol. The zero-order chi connectivity index (χ0) is 33.7. The van der Waals surface area contributed by atoms with Gasteiger partial charge in [0.25, 0.3) is 0 Å². The maximum atomic E-state index is 2.50. The highest BCUT2D eigenvalue weighted by Crippen LogP contribution is 2.45. The highest BCUT2D eigenvalue weighted by atomic mass is 15.1. The number of hydrogen-bond donors (Lipinski definition) is 0. The van der Waals surface area contributed by atoms with Gasteiger partial charge in [0.05, 0.1) is 0 Å². The molecule has 1 heteroatoms. The third-order valence-corrected chi connectivity index (χ3v) is 10.6. The number of allylic oxidation sites excluding steroid dienone is 10. The largest absolute Gasteiger partial charge is 0.310 e. The summed E-state index contributed by atoms with van der Waals surface area (Å²) in [6.45, 7) is 2.43. The maximum Gasteiger partial charge on any atom is 0.0468 e. The standard InChI is InChI=1S/C49H45N/c1-36-22-23-42-19-7-3-2-6-18-41-20-12-13-21-46(41)47-33-32-45(35-49(47)48(42)34-36)50(43-28-24-39(25-29-43)37-14-8-4-9-15-37)44-30-26-40(27-31-44)38-16-10-5-11-17-38/h2-10,12-16,20-21,24-33,35-36H,11,17-19,22-23,34H2,1H3/b6-2-,7-3-. The highest BCUT2D eigenvalue weighted by Gasteiger charge is 2.24. The summed E-state index contributed by atoms with van der Waals surface area (Å²) in [5, 5.41) is 0. The van der Waals surface area contributed by atoms with Gasteiger partial charge in [-0.05, 0) is 137 Å². The average molecular weight is 648 g/mol. The second-order valence-corrected chi connectivity index (χ2v) is 14.0. The number of anilines is 3. The summed E-state index contributed by atoms with van der Waals surface area (Å²) in [5.41, 5.74) is 17.2. The molecule has 0 fully saturated rings. The number of rotatable bonds is 5. The zero-order valence-corrected chi connectivity index (χ0v) is 29.1. The van der Waals surface area contributed by atoms with Crippen LogP contribution < -0.4 is 4.90 Å². The van der Waals surface area contributed by atoms with Crippen LogP contribution in [0.4, 0.5) is 17.1 Å². The molecule has 5 aromatic carbocycles. The number of benzene rings is 5. The molecule has 1 unspecified atom stereocenters. The van der Waals surface area contributed by atoms with Gasteiger partial charge in [-0.25, -0.2) is 0 Å². The van der Waals surface area contributed by atoms with E-state index in [0.717, 1.165) is 44.2 Å². The molecule has 0 amide bonds. The summed E-state index contributed by atoms with van der Waals surface area (Å²) in [5.74, 6) is 0.662. The Labute approximate surface area is 298 Å². The van der Waals surface area contributed by atoms with Gasteiger partial charge < -0.3 is 4.90 Å².